The number of H-pyrrole nitrogens is 1. The molecular formula is C17H26N2O. The third kappa shape index (κ3) is 6.98. The van der Waals surface area contributed by atoms with E-state index in [1.165, 1.54) is 11.3 Å². The predicted octanol–water partition coefficient (Wildman–Crippen LogP) is 4.20. The zero-order valence-electron chi connectivity index (χ0n) is 12.9. The van der Waals surface area contributed by atoms with Crippen molar-refractivity contribution >= 4 is 0 Å². The molecule has 0 aliphatic carbocycles. The van der Waals surface area contributed by atoms with Crippen LogP contribution >= 0.6 is 0 Å². The lowest BCUT2D eigenvalue weighted by atomic mass is 10.0. The molecule has 0 atom stereocenters. The number of imidazole rings is 1. The van der Waals surface area contributed by atoms with Gasteiger partial charge in [-0.25, -0.2) is 4.98 Å². The van der Waals surface area contributed by atoms with Gasteiger partial charge in [0.1, 0.15) is 5.75 Å². The van der Waals surface area contributed by atoms with Gasteiger partial charge >= 0.3 is 0 Å². The highest BCUT2D eigenvalue weighted by molar-refractivity contribution is 5.25. The van der Waals surface area contributed by atoms with Gasteiger partial charge in [-0.3, -0.25) is 0 Å². The Labute approximate surface area is 122 Å². The monoisotopic (exact) mass is 274 g/mol. The molecule has 0 bridgehead atoms. The molecule has 1 aromatic carbocycles. The zero-order chi connectivity index (χ0) is 15.0. The molecule has 2 rings (SSSR count). The van der Waals surface area contributed by atoms with E-state index in [0.717, 1.165) is 12.8 Å². The van der Waals surface area contributed by atoms with Gasteiger partial charge < -0.3 is 10.1 Å². The SMILES string of the molecule is CC(C)Cc1ccc(O)cc1.CC(C)Cc1cnc[nH]1. The van der Waals surface area contributed by atoms with E-state index in [0.29, 0.717) is 17.6 Å². The van der Waals surface area contributed by atoms with Crippen LogP contribution in [0.15, 0.2) is 36.8 Å². The Morgan fingerprint density at radius 1 is 1.00 bits per heavy atom. The fourth-order valence-corrected chi connectivity index (χ4v) is 1.94. The van der Waals surface area contributed by atoms with E-state index in [-0.39, 0.29) is 0 Å². The number of phenols is 1. The first-order valence-electron chi connectivity index (χ1n) is 7.22. The summed E-state index contributed by atoms with van der Waals surface area (Å²) in [5, 5.41) is 8.99. The van der Waals surface area contributed by atoms with E-state index in [9.17, 15) is 0 Å². The molecule has 0 saturated heterocycles. The highest BCUT2D eigenvalue weighted by Crippen LogP contribution is 2.12. The number of nitrogens with zero attached hydrogens (tertiary/aromatic N) is 1. The molecule has 20 heavy (non-hydrogen) atoms. The van der Waals surface area contributed by atoms with Crippen LogP contribution in [-0.2, 0) is 12.8 Å². The van der Waals surface area contributed by atoms with Crippen molar-refractivity contribution in [1.82, 2.24) is 9.97 Å². The van der Waals surface area contributed by atoms with Gasteiger partial charge in [-0.15, -0.1) is 0 Å². The van der Waals surface area contributed by atoms with Gasteiger partial charge in [0.2, 0.25) is 0 Å². The van der Waals surface area contributed by atoms with E-state index in [1.807, 2.05) is 18.3 Å². The molecule has 2 aromatic rings. The number of aromatic nitrogens is 2. The summed E-state index contributed by atoms with van der Waals surface area (Å²) in [6.07, 6.45) is 5.78. The van der Waals surface area contributed by atoms with E-state index in [1.54, 1.807) is 18.5 Å². The van der Waals surface area contributed by atoms with Crippen molar-refractivity contribution in [2.45, 2.75) is 40.5 Å². The Hall–Kier alpha value is -1.77. The molecule has 0 radical (unpaired) electrons. The molecule has 0 aliphatic rings. The van der Waals surface area contributed by atoms with Gasteiger partial charge in [-0.2, -0.15) is 0 Å². The third-order valence-electron chi connectivity index (χ3n) is 2.76. The molecule has 0 amide bonds. The fourth-order valence-electron chi connectivity index (χ4n) is 1.94. The van der Waals surface area contributed by atoms with Crippen molar-refractivity contribution in [3.05, 3.63) is 48.0 Å². The number of aromatic hydroxyl groups is 1. The van der Waals surface area contributed by atoms with Crippen LogP contribution in [-0.4, -0.2) is 15.1 Å². The highest BCUT2D eigenvalue weighted by atomic mass is 16.3. The Morgan fingerprint density at radius 3 is 2.05 bits per heavy atom. The second-order valence-electron chi connectivity index (χ2n) is 5.94. The number of rotatable bonds is 4. The van der Waals surface area contributed by atoms with E-state index < -0.39 is 0 Å². The summed E-state index contributed by atoms with van der Waals surface area (Å²) in [7, 11) is 0. The molecule has 0 fully saturated rings. The molecule has 0 aliphatic heterocycles. The van der Waals surface area contributed by atoms with Crippen molar-refractivity contribution < 1.29 is 5.11 Å². The van der Waals surface area contributed by atoms with Crippen LogP contribution in [0.4, 0.5) is 0 Å². The zero-order valence-corrected chi connectivity index (χ0v) is 12.9. The first-order valence-corrected chi connectivity index (χ1v) is 7.22. The second-order valence-corrected chi connectivity index (χ2v) is 5.94. The van der Waals surface area contributed by atoms with Crippen LogP contribution in [0, 0.1) is 11.8 Å². The minimum atomic E-state index is 0.345. The van der Waals surface area contributed by atoms with Crippen LogP contribution in [0.25, 0.3) is 0 Å². The van der Waals surface area contributed by atoms with Gasteiger partial charge in [0, 0.05) is 11.9 Å². The van der Waals surface area contributed by atoms with Crippen LogP contribution in [0.1, 0.15) is 39.0 Å². The number of aromatic amines is 1. The molecule has 3 heteroatoms. The summed E-state index contributed by atoms with van der Waals surface area (Å²) in [5.41, 5.74) is 2.52. The lowest BCUT2D eigenvalue weighted by Crippen LogP contribution is -1.92. The van der Waals surface area contributed by atoms with E-state index >= 15 is 0 Å². The van der Waals surface area contributed by atoms with E-state index in [2.05, 4.69) is 37.7 Å². The van der Waals surface area contributed by atoms with Crippen molar-refractivity contribution in [2.24, 2.45) is 11.8 Å². The minimum absolute atomic E-state index is 0.345. The maximum atomic E-state index is 8.99. The Bertz CT molecular complexity index is 458. The summed E-state index contributed by atoms with van der Waals surface area (Å²) in [6.45, 7) is 8.77. The lowest BCUT2D eigenvalue weighted by molar-refractivity contribution is 0.475. The summed E-state index contributed by atoms with van der Waals surface area (Å²) >= 11 is 0. The molecule has 2 N–H and O–H groups in total. The van der Waals surface area contributed by atoms with Gasteiger partial charge in [0.15, 0.2) is 0 Å². The summed E-state index contributed by atoms with van der Waals surface area (Å²) in [4.78, 5) is 6.98. The molecule has 0 unspecified atom stereocenters. The average molecular weight is 274 g/mol. The van der Waals surface area contributed by atoms with Crippen LogP contribution < -0.4 is 0 Å². The Morgan fingerprint density at radius 2 is 1.60 bits per heavy atom. The van der Waals surface area contributed by atoms with Gasteiger partial charge in [-0.1, -0.05) is 39.8 Å². The first-order chi connectivity index (χ1) is 9.47. The molecule has 1 heterocycles. The maximum Gasteiger partial charge on any atom is 0.115 e. The first kappa shape index (κ1) is 16.3. The second kappa shape index (κ2) is 8.41. The van der Waals surface area contributed by atoms with Gasteiger partial charge in [-0.05, 0) is 42.4 Å². The summed E-state index contributed by atoms with van der Waals surface area (Å²) in [6, 6.07) is 7.40. The van der Waals surface area contributed by atoms with Crippen LogP contribution in [0.2, 0.25) is 0 Å². The van der Waals surface area contributed by atoms with Crippen LogP contribution in [0.5, 0.6) is 5.75 Å². The number of phenolic OH excluding ortho intramolecular Hbond substituents is 1. The summed E-state index contributed by atoms with van der Waals surface area (Å²) < 4.78 is 0. The highest BCUT2D eigenvalue weighted by Gasteiger charge is 1.97. The number of nitrogens with one attached hydrogen (secondary N) is 1. The van der Waals surface area contributed by atoms with Crippen molar-refractivity contribution in [2.75, 3.05) is 0 Å². The van der Waals surface area contributed by atoms with Crippen molar-refractivity contribution in [3.8, 4) is 5.75 Å². The smallest absolute Gasteiger partial charge is 0.115 e. The van der Waals surface area contributed by atoms with Crippen molar-refractivity contribution in [1.29, 1.82) is 0 Å². The van der Waals surface area contributed by atoms with E-state index in [4.69, 9.17) is 5.11 Å². The maximum absolute atomic E-state index is 8.99. The van der Waals surface area contributed by atoms with Crippen molar-refractivity contribution in [3.63, 3.8) is 0 Å². The third-order valence-corrected chi connectivity index (χ3v) is 2.76. The molecule has 1 aromatic heterocycles. The van der Waals surface area contributed by atoms with Gasteiger partial charge in [0.05, 0.1) is 6.33 Å². The number of hydrogen-bond donors (Lipinski definition) is 2. The molecular weight excluding hydrogens is 248 g/mol. The average Bonchev–Trinajstić information content (AvgIpc) is 2.84. The molecule has 3 nitrogen and oxygen atoms in total. The topological polar surface area (TPSA) is 48.9 Å². The molecule has 110 valence electrons. The predicted molar refractivity (Wildman–Crippen MR) is 83.8 cm³/mol. The lowest BCUT2D eigenvalue weighted by Gasteiger charge is -2.03. The minimum Gasteiger partial charge on any atom is -0.508 e. The number of hydrogen-bond acceptors (Lipinski definition) is 2. The Balaban J connectivity index is 0.000000204. The quantitative estimate of drug-likeness (QED) is 0.878. The molecule has 0 spiro atoms. The summed E-state index contributed by atoms with van der Waals surface area (Å²) in [5.74, 6) is 1.74. The standard InChI is InChI=1S/C10H14O.C7H12N2/c1-8(2)7-9-3-5-10(11)6-4-9;1-6(2)3-7-4-8-5-9-7/h3-6,8,11H,7H2,1-2H3;4-6H,3H2,1-2H3,(H,8,9). The van der Waals surface area contributed by atoms with Gasteiger partial charge in [0.25, 0.3) is 0 Å². The van der Waals surface area contributed by atoms with Crippen LogP contribution in [0.3, 0.4) is 0 Å². The fraction of sp³-hybridized carbons (Fsp3) is 0.471. The number of benzene rings is 1. The molecule has 0 saturated carbocycles. The largest absolute Gasteiger partial charge is 0.508 e. The normalized spacial score (nSPS) is 10.5. The Kier molecular flexibility index (Phi) is 6.85.